The molecule has 0 amide bonds. The van der Waals surface area contributed by atoms with Crippen molar-refractivity contribution in [2.24, 2.45) is 0 Å². The smallest absolute Gasteiger partial charge is 0.104 e. The lowest BCUT2D eigenvalue weighted by Gasteiger charge is -2.29. The molecule has 4 aromatic rings. The van der Waals surface area contributed by atoms with Crippen LogP contribution in [0.1, 0.15) is 16.7 Å². The minimum Gasteiger partial charge on any atom is -0.104 e. The van der Waals surface area contributed by atoms with Gasteiger partial charge in [-0.15, -0.1) is 11.6 Å². The molecule has 0 spiro atoms. The second-order valence-corrected chi connectivity index (χ2v) is 6.52. The maximum Gasteiger partial charge on any atom is 0.119 e. The molecule has 0 aliphatic rings. The lowest BCUT2D eigenvalue weighted by Crippen LogP contribution is -2.22. The van der Waals surface area contributed by atoms with E-state index in [9.17, 15) is 0 Å². The minimum atomic E-state index is -0.702. The lowest BCUT2D eigenvalue weighted by atomic mass is 9.83. The highest BCUT2D eigenvalue weighted by molar-refractivity contribution is 6.28. The molecule has 116 valence electrons. The molecule has 1 heteroatoms. The minimum absolute atomic E-state index is 0.702. The summed E-state index contributed by atoms with van der Waals surface area (Å²) in [5.41, 5.74) is 3.24. The Hall–Kier alpha value is -2.57. The van der Waals surface area contributed by atoms with Crippen LogP contribution in [0.4, 0.5) is 0 Å². The molecule has 0 heterocycles. The Bertz CT molecular complexity index is 919. The van der Waals surface area contributed by atoms with Gasteiger partial charge in [-0.2, -0.15) is 0 Å². The molecular weight excluding hydrogens is 312 g/mol. The summed E-state index contributed by atoms with van der Waals surface area (Å²) in [6, 6.07) is 35.4. The molecule has 0 aliphatic carbocycles. The van der Waals surface area contributed by atoms with E-state index >= 15 is 0 Å². The Balaban J connectivity index is 1.98. The SMILES string of the molecule is ClC(c1ccccc1)(c1ccccc1)c1ccc2ccccc2c1. The summed E-state index contributed by atoms with van der Waals surface area (Å²) >= 11 is 7.32. The summed E-state index contributed by atoms with van der Waals surface area (Å²) in [5, 5.41) is 2.42. The number of hydrogen-bond acceptors (Lipinski definition) is 0. The zero-order chi connectivity index (χ0) is 16.4. The van der Waals surface area contributed by atoms with Gasteiger partial charge in [0, 0.05) is 0 Å². The van der Waals surface area contributed by atoms with Crippen molar-refractivity contribution in [3.63, 3.8) is 0 Å². The molecule has 0 unspecified atom stereocenters. The standard InChI is InChI=1S/C23H17Cl/c24-23(20-11-3-1-4-12-20,21-13-5-2-6-14-21)22-16-15-18-9-7-8-10-19(18)17-22/h1-17H. The molecule has 0 saturated carbocycles. The van der Waals surface area contributed by atoms with Gasteiger partial charge in [0.25, 0.3) is 0 Å². The fourth-order valence-corrected chi connectivity index (χ4v) is 3.61. The van der Waals surface area contributed by atoms with Crippen molar-refractivity contribution in [1.29, 1.82) is 0 Å². The van der Waals surface area contributed by atoms with E-state index in [4.69, 9.17) is 11.6 Å². The van der Waals surface area contributed by atoms with Crippen LogP contribution < -0.4 is 0 Å². The Morgan fingerprint density at radius 2 is 0.958 bits per heavy atom. The number of halogens is 1. The average molecular weight is 329 g/mol. The maximum absolute atomic E-state index is 7.32. The van der Waals surface area contributed by atoms with E-state index in [2.05, 4.69) is 66.7 Å². The predicted octanol–water partition coefficient (Wildman–Crippen LogP) is 6.37. The summed E-state index contributed by atoms with van der Waals surface area (Å²) in [6.45, 7) is 0. The van der Waals surface area contributed by atoms with Crippen LogP contribution in [0.5, 0.6) is 0 Å². The lowest BCUT2D eigenvalue weighted by molar-refractivity contribution is 0.881. The van der Waals surface area contributed by atoms with Gasteiger partial charge >= 0.3 is 0 Å². The Labute approximate surface area is 147 Å². The largest absolute Gasteiger partial charge is 0.119 e. The van der Waals surface area contributed by atoms with Gasteiger partial charge in [-0.05, 0) is 33.5 Å². The van der Waals surface area contributed by atoms with Gasteiger partial charge in [0.15, 0.2) is 0 Å². The van der Waals surface area contributed by atoms with Crippen molar-refractivity contribution in [2.75, 3.05) is 0 Å². The highest BCUT2D eigenvalue weighted by atomic mass is 35.5. The van der Waals surface area contributed by atoms with Gasteiger partial charge in [-0.3, -0.25) is 0 Å². The van der Waals surface area contributed by atoms with Crippen LogP contribution in [0.2, 0.25) is 0 Å². The number of benzene rings is 4. The zero-order valence-corrected chi connectivity index (χ0v) is 13.9. The van der Waals surface area contributed by atoms with Crippen LogP contribution in [-0.4, -0.2) is 0 Å². The van der Waals surface area contributed by atoms with Gasteiger partial charge in [-0.1, -0.05) is 97.1 Å². The summed E-state index contributed by atoms with van der Waals surface area (Å²) in [4.78, 5) is -0.702. The third-order valence-electron chi connectivity index (χ3n) is 4.49. The number of rotatable bonds is 3. The Kier molecular flexibility index (Phi) is 3.84. The van der Waals surface area contributed by atoms with E-state index in [0.29, 0.717) is 0 Å². The number of hydrogen-bond donors (Lipinski definition) is 0. The molecule has 0 saturated heterocycles. The molecule has 0 nitrogen and oxygen atoms in total. The molecule has 0 aromatic heterocycles. The second-order valence-electron chi connectivity index (χ2n) is 5.95. The van der Waals surface area contributed by atoms with Crippen LogP contribution in [-0.2, 0) is 4.87 Å². The predicted molar refractivity (Wildman–Crippen MR) is 103 cm³/mol. The summed E-state index contributed by atoms with van der Waals surface area (Å²) in [6.07, 6.45) is 0. The van der Waals surface area contributed by atoms with Crippen LogP contribution in [0.25, 0.3) is 10.8 Å². The topological polar surface area (TPSA) is 0 Å². The molecule has 24 heavy (non-hydrogen) atoms. The quantitative estimate of drug-likeness (QED) is 0.303. The van der Waals surface area contributed by atoms with Gasteiger partial charge in [0.05, 0.1) is 0 Å². The van der Waals surface area contributed by atoms with Crippen LogP contribution in [0.3, 0.4) is 0 Å². The fraction of sp³-hybridized carbons (Fsp3) is 0.0435. The number of alkyl halides is 1. The highest BCUT2D eigenvalue weighted by Gasteiger charge is 2.33. The Morgan fingerprint density at radius 3 is 1.54 bits per heavy atom. The summed E-state index contributed by atoms with van der Waals surface area (Å²) < 4.78 is 0. The van der Waals surface area contributed by atoms with E-state index in [1.54, 1.807) is 0 Å². The van der Waals surface area contributed by atoms with Gasteiger partial charge in [-0.25, -0.2) is 0 Å². The molecule has 0 bridgehead atoms. The first kappa shape index (κ1) is 15.0. The van der Waals surface area contributed by atoms with Crippen molar-refractivity contribution in [1.82, 2.24) is 0 Å². The van der Waals surface area contributed by atoms with Crippen LogP contribution >= 0.6 is 11.6 Å². The van der Waals surface area contributed by atoms with Gasteiger partial charge in [0.2, 0.25) is 0 Å². The third kappa shape index (κ3) is 2.50. The van der Waals surface area contributed by atoms with Crippen molar-refractivity contribution in [3.8, 4) is 0 Å². The van der Waals surface area contributed by atoms with Crippen molar-refractivity contribution < 1.29 is 0 Å². The molecule has 0 N–H and O–H groups in total. The van der Waals surface area contributed by atoms with E-state index in [0.717, 1.165) is 16.7 Å². The molecule has 0 aliphatic heterocycles. The molecular formula is C23H17Cl. The van der Waals surface area contributed by atoms with Gasteiger partial charge in [0.1, 0.15) is 4.87 Å². The first-order valence-corrected chi connectivity index (χ1v) is 8.45. The molecule has 4 rings (SSSR count). The molecule has 4 aromatic carbocycles. The van der Waals surface area contributed by atoms with E-state index < -0.39 is 4.87 Å². The fourth-order valence-electron chi connectivity index (χ4n) is 3.24. The second kappa shape index (κ2) is 6.14. The highest BCUT2D eigenvalue weighted by Crippen LogP contribution is 2.43. The van der Waals surface area contributed by atoms with Crippen LogP contribution in [0.15, 0.2) is 103 Å². The zero-order valence-electron chi connectivity index (χ0n) is 13.2. The van der Waals surface area contributed by atoms with Crippen molar-refractivity contribution in [3.05, 3.63) is 120 Å². The summed E-state index contributed by atoms with van der Waals surface area (Å²) in [5.74, 6) is 0. The van der Waals surface area contributed by atoms with Crippen molar-refractivity contribution >= 4 is 22.4 Å². The maximum atomic E-state index is 7.32. The third-order valence-corrected chi connectivity index (χ3v) is 5.15. The monoisotopic (exact) mass is 328 g/mol. The van der Waals surface area contributed by atoms with E-state index in [-0.39, 0.29) is 0 Å². The molecule has 0 atom stereocenters. The average Bonchev–Trinajstić information content (AvgIpc) is 2.68. The van der Waals surface area contributed by atoms with Crippen molar-refractivity contribution in [2.45, 2.75) is 4.87 Å². The molecule has 0 radical (unpaired) electrons. The molecule has 0 fully saturated rings. The Morgan fingerprint density at radius 1 is 0.458 bits per heavy atom. The van der Waals surface area contributed by atoms with Crippen LogP contribution in [0, 0.1) is 0 Å². The van der Waals surface area contributed by atoms with Gasteiger partial charge < -0.3 is 0 Å². The number of fused-ring (bicyclic) bond motifs is 1. The first-order valence-electron chi connectivity index (χ1n) is 8.08. The van der Waals surface area contributed by atoms with E-state index in [1.807, 2.05) is 36.4 Å². The van der Waals surface area contributed by atoms with E-state index in [1.165, 1.54) is 10.8 Å². The normalized spacial score (nSPS) is 11.5. The summed E-state index contributed by atoms with van der Waals surface area (Å²) in [7, 11) is 0. The first-order chi connectivity index (χ1) is 11.8.